The van der Waals surface area contributed by atoms with E-state index in [0.717, 1.165) is 16.5 Å². The quantitative estimate of drug-likeness (QED) is 0.688. The number of aromatic nitrogens is 1. The van der Waals surface area contributed by atoms with E-state index in [4.69, 9.17) is 11.6 Å². The lowest BCUT2D eigenvalue weighted by molar-refractivity contribution is 0.947. The Kier molecular flexibility index (Phi) is 3.63. The lowest BCUT2D eigenvalue weighted by Crippen LogP contribution is -2.10. The van der Waals surface area contributed by atoms with Crippen molar-refractivity contribution in [3.8, 4) is 0 Å². The Bertz CT molecular complexity index is 876. The molecule has 0 unspecified atom stereocenters. The second-order valence-corrected chi connectivity index (χ2v) is 5.36. The summed E-state index contributed by atoms with van der Waals surface area (Å²) in [5.41, 5.74) is 2.67. The molecule has 0 spiro atoms. The maximum Gasteiger partial charge on any atom is 0.196 e. The van der Waals surface area contributed by atoms with Crippen LogP contribution < -0.4 is 5.43 Å². The summed E-state index contributed by atoms with van der Waals surface area (Å²) in [5, 5.41) is 1.44. The van der Waals surface area contributed by atoms with E-state index >= 15 is 0 Å². The average Bonchev–Trinajstić information content (AvgIpc) is 2.51. The molecule has 0 aliphatic carbocycles. The molecule has 0 aliphatic rings. The third-order valence-corrected chi connectivity index (χ3v) is 3.70. The van der Waals surface area contributed by atoms with Crippen molar-refractivity contribution in [3.63, 3.8) is 0 Å². The minimum absolute atomic E-state index is 0.0499. The van der Waals surface area contributed by atoms with Gasteiger partial charge in [-0.3, -0.25) is 4.79 Å². The van der Waals surface area contributed by atoms with Crippen LogP contribution in [0.1, 0.15) is 11.1 Å². The van der Waals surface area contributed by atoms with Crippen LogP contribution >= 0.6 is 11.6 Å². The summed E-state index contributed by atoms with van der Waals surface area (Å²) < 4.78 is 1.97. The van der Waals surface area contributed by atoms with Gasteiger partial charge in [-0.1, -0.05) is 41.9 Å². The van der Waals surface area contributed by atoms with Gasteiger partial charge in [0.05, 0.1) is 5.52 Å². The summed E-state index contributed by atoms with van der Waals surface area (Å²) in [6.45, 7) is 0. The van der Waals surface area contributed by atoms with Crippen LogP contribution in [0, 0.1) is 0 Å². The molecule has 2 aromatic carbocycles. The Hall–Kier alpha value is -2.32. The lowest BCUT2D eigenvalue weighted by Gasteiger charge is -2.06. The molecule has 0 saturated heterocycles. The Morgan fingerprint density at radius 1 is 1.00 bits per heavy atom. The molecule has 2 nitrogen and oxygen atoms in total. The van der Waals surface area contributed by atoms with E-state index in [0.29, 0.717) is 10.6 Å². The Labute approximate surface area is 127 Å². The van der Waals surface area contributed by atoms with Gasteiger partial charge in [-0.2, -0.15) is 0 Å². The Balaban J connectivity index is 2.07. The third kappa shape index (κ3) is 2.76. The summed E-state index contributed by atoms with van der Waals surface area (Å²) >= 11 is 5.86. The molecule has 21 heavy (non-hydrogen) atoms. The van der Waals surface area contributed by atoms with Crippen molar-refractivity contribution < 1.29 is 0 Å². The summed E-state index contributed by atoms with van der Waals surface area (Å²) in [5.74, 6) is 0. The molecule has 1 heterocycles. The van der Waals surface area contributed by atoms with E-state index in [-0.39, 0.29) is 5.43 Å². The van der Waals surface area contributed by atoms with E-state index < -0.39 is 0 Å². The molecule has 0 amide bonds. The molecule has 0 N–H and O–H groups in total. The molecule has 3 aromatic rings. The van der Waals surface area contributed by atoms with Gasteiger partial charge in [-0.05, 0) is 35.9 Å². The number of hydrogen-bond acceptors (Lipinski definition) is 1. The molecular formula is C18H14ClNO. The van der Waals surface area contributed by atoms with Gasteiger partial charge in [0, 0.05) is 29.2 Å². The number of fused-ring (bicyclic) bond motifs is 1. The maximum absolute atomic E-state index is 12.5. The first-order valence-electron chi connectivity index (χ1n) is 6.67. The molecule has 0 bridgehead atoms. The van der Waals surface area contributed by atoms with Gasteiger partial charge in [0.2, 0.25) is 0 Å². The number of pyridine rings is 1. The Morgan fingerprint density at radius 3 is 2.48 bits per heavy atom. The summed E-state index contributed by atoms with van der Waals surface area (Å²) in [7, 11) is 1.95. The normalized spacial score (nSPS) is 11.3. The summed E-state index contributed by atoms with van der Waals surface area (Å²) in [6.07, 6.45) is 5.62. The minimum Gasteiger partial charge on any atom is -0.350 e. The molecule has 0 saturated carbocycles. The van der Waals surface area contributed by atoms with Crippen LogP contribution in [-0.4, -0.2) is 4.57 Å². The number of hydrogen-bond donors (Lipinski definition) is 0. The molecule has 0 aliphatic heterocycles. The third-order valence-electron chi connectivity index (χ3n) is 3.45. The standard InChI is InChI=1S/C18H14ClNO/c1-20-12-14(9-6-13-7-10-15(19)11-8-13)18(21)16-4-2-3-5-17(16)20/h2-12H,1H3/b9-6-. The fourth-order valence-electron chi connectivity index (χ4n) is 2.34. The van der Waals surface area contributed by atoms with Crippen molar-refractivity contribution in [2.45, 2.75) is 0 Å². The zero-order valence-corrected chi connectivity index (χ0v) is 12.3. The number of para-hydroxylation sites is 1. The van der Waals surface area contributed by atoms with Crippen molar-refractivity contribution in [3.05, 3.63) is 81.1 Å². The number of aryl methyl sites for hydroxylation is 1. The molecule has 1 aromatic heterocycles. The van der Waals surface area contributed by atoms with Crippen LogP contribution in [0.15, 0.2) is 59.5 Å². The van der Waals surface area contributed by atoms with Gasteiger partial charge < -0.3 is 4.57 Å². The first-order chi connectivity index (χ1) is 10.1. The van der Waals surface area contributed by atoms with Gasteiger partial charge in [0.1, 0.15) is 0 Å². The van der Waals surface area contributed by atoms with E-state index in [1.165, 1.54) is 0 Å². The molecular weight excluding hydrogens is 282 g/mol. The van der Waals surface area contributed by atoms with Crippen molar-refractivity contribution >= 4 is 34.7 Å². The van der Waals surface area contributed by atoms with Crippen LogP contribution in [0.25, 0.3) is 23.1 Å². The Morgan fingerprint density at radius 2 is 1.71 bits per heavy atom. The van der Waals surface area contributed by atoms with Gasteiger partial charge in [-0.25, -0.2) is 0 Å². The molecule has 3 heteroatoms. The van der Waals surface area contributed by atoms with Crippen LogP contribution in [0.3, 0.4) is 0 Å². The highest BCUT2D eigenvalue weighted by atomic mass is 35.5. The largest absolute Gasteiger partial charge is 0.350 e. The monoisotopic (exact) mass is 295 g/mol. The lowest BCUT2D eigenvalue weighted by atomic mass is 10.1. The number of nitrogens with zero attached hydrogens (tertiary/aromatic N) is 1. The molecule has 0 fully saturated rings. The highest BCUT2D eigenvalue weighted by molar-refractivity contribution is 6.30. The maximum atomic E-state index is 12.5. The van der Waals surface area contributed by atoms with Crippen LogP contribution in [0.2, 0.25) is 5.02 Å². The van der Waals surface area contributed by atoms with Crippen LogP contribution in [0.4, 0.5) is 0 Å². The smallest absolute Gasteiger partial charge is 0.196 e. The summed E-state index contributed by atoms with van der Waals surface area (Å²) in [4.78, 5) is 12.5. The average molecular weight is 296 g/mol. The SMILES string of the molecule is Cn1cc(/C=C\c2ccc(Cl)cc2)c(=O)c2ccccc21. The highest BCUT2D eigenvalue weighted by Crippen LogP contribution is 2.14. The fraction of sp³-hybridized carbons (Fsp3) is 0.0556. The zero-order valence-electron chi connectivity index (χ0n) is 11.6. The van der Waals surface area contributed by atoms with Crippen LogP contribution in [-0.2, 0) is 7.05 Å². The number of rotatable bonds is 2. The first kappa shape index (κ1) is 13.7. The van der Waals surface area contributed by atoms with Gasteiger partial charge in [0.15, 0.2) is 5.43 Å². The van der Waals surface area contributed by atoms with Crippen molar-refractivity contribution in [2.24, 2.45) is 7.05 Å². The first-order valence-corrected chi connectivity index (χ1v) is 7.05. The van der Waals surface area contributed by atoms with Gasteiger partial charge in [-0.15, -0.1) is 0 Å². The molecule has 0 atom stereocenters. The van der Waals surface area contributed by atoms with E-state index in [1.807, 2.05) is 78.5 Å². The second kappa shape index (κ2) is 5.58. The van der Waals surface area contributed by atoms with Gasteiger partial charge >= 0.3 is 0 Å². The topological polar surface area (TPSA) is 22.0 Å². The van der Waals surface area contributed by atoms with Crippen molar-refractivity contribution in [1.29, 1.82) is 0 Å². The summed E-state index contributed by atoms with van der Waals surface area (Å²) in [6, 6.07) is 15.1. The van der Waals surface area contributed by atoms with Crippen molar-refractivity contribution in [2.75, 3.05) is 0 Å². The number of benzene rings is 2. The minimum atomic E-state index is 0.0499. The van der Waals surface area contributed by atoms with E-state index in [9.17, 15) is 4.79 Å². The fourth-order valence-corrected chi connectivity index (χ4v) is 2.47. The van der Waals surface area contributed by atoms with E-state index in [2.05, 4.69) is 0 Å². The van der Waals surface area contributed by atoms with Crippen molar-refractivity contribution in [1.82, 2.24) is 4.57 Å². The predicted octanol–water partition coefficient (Wildman–Crippen LogP) is 4.36. The van der Waals surface area contributed by atoms with Crippen LogP contribution in [0.5, 0.6) is 0 Å². The highest BCUT2D eigenvalue weighted by Gasteiger charge is 2.04. The molecule has 3 rings (SSSR count). The number of halogens is 1. The zero-order chi connectivity index (χ0) is 14.8. The van der Waals surface area contributed by atoms with E-state index in [1.54, 1.807) is 0 Å². The van der Waals surface area contributed by atoms with Gasteiger partial charge in [0.25, 0.3) is 0 Å². The predicted molar refractivity (Wildman–Crippen MR) is 89.6 cm³/mol. The molecule has 104 valence electrons. The molecule has 0 radical (unpaired) electrons. The second-order valence-electron chi connectivity index (χ2n) is 4.93.